The lowest BCUT2D eigenvalue weighted by molar-refractivity contribution is 0.313. The summed E-state index contributed by atoms with van der Waals surface area (Å²) in [6.45, 7) is 8.36. The summed E-state index contributed by atoms with van der Waals surface area (Å²) in [6.07, 6.45) is 3.93. The maximum absolute atomic E-state index is 5.72. The van der Waals surface area contributed by atoms with Crippen LogP contribution in [0.5, 0.6) is 5.75 Å². The minimum Gasteiger partial charge on any atom is -0.493 e. The van der Waals surface area contributed by atoms with Crippen LogP contribution in [-0.2, 0) is 6.54 Å². The Hall–Kier alpha value is -0.800. The van der Waals surface area contributed by atoms with Crippen LogP contribution in [-0.4, -0.2) is 13.2 Å². The van der Waals surface area contributed by atoms with Gasteiger partial charge in [-0.05, 0) is 37.6 Å². The lowest BCUT2D eigenvalue weighted by Gasteiger charge is -2.12. The summed E-state index contributed by atoms with van der Waals surface area (Å²) in [7, 11) is 0. The van der Waals surface area contributed by atoms with Crippen molar-refractivity contribution in [3.63, 3.8) is 0 Å². The number of nitrogens with one attached hydrogen (secondary N) is 1. The summed E-state index contributed by atoms with van der Waals surface area (Å²) in [5, 5.41) is 3.37. The number of hydrogen-bond acceptors (Lipinski definition) is 2. The Morgan fingerprint density at radius 3 is 3.00 bits per heavy atom. The molecule has 2 nitrogen and oxygen atoms in total. The molecule has 0 fully saturated rings. The van der Waals surface area contributed by atoms with Gasteiger partial charge in [-0.3, -0.25) is 0 Å². The molecule has 0 spiro atoms. The highest BCUT2D eigenvalue weighted by Gasteiger charge is 2.03. The monoisotopic (exact) mass is 297 g/mol. The Morgan fingerprint density at radius 1 is 1.47 bits per heavy atom. The Morgan fingerprint density at radius 2 is 2.29 bits per heavy atom. The highest BCUT2D eigenvalue weighted by Crippen LogP contribution is 2.23. The first-order valence-electron chi connectivity index (χ1n) is 6.00. The smallest absolute Gasteiger partial charge is 0.123 e. The van der Waals surface area contributed by atoms with Gasteiger partial charge < -0.3 is 10.1 Å². The second-order valence-corrected chi connectivity index (χ2v) is 4.77. The largest absolute Gasteiger partial charge is 0.493 e. The van der Waals surface area contributed by atoms with Crippen molar-refractivity contribution < 1.29 is 4.74 Å². The van der Waals surface area contributed by atoms with Crippen molar-refractivity contribution in [1.29, 1.82) is 0 Å². The van der Waals surface area contributed by atoms with E-state index in [1.165, 1.54) is 5.56 Å². The average Bonchev–Trinajstić information content (AvgIpc) is 2.33. The molecule has 0 saturated carbocycles. The fraction of sp³-hybridized carbons (Fsp3) is 0.429. The maximum Gasteiger partial charge on any atom is 0.123 e. The first-order valence-corrected chi connectivity index (χ1v) is 6.80. The van der Waals surface area contributed by atoms with E-state index in [-0.39, 0.29) is 0 Å². The Labute approximate surface area is 112 Å². The molecule has 0 saturated heterocycles. The van der Waals surface area contributed by atoms with Crippen molar-refractivity contribution >= 4 is 15.9 Å². The van der Waals surface area contributed by atoms with Crippen molar-refractivity contribution in [2.45, 2.75) is 26.3 Å². The van der Waals surface area contributed by atoms with E-state index < -0.39 is 0 Å². The predicted octanol–water partition coefficient (Wildman–Crippen LogP) is 3.90. The summed E-state index contributed by atoms with van der Waals surface area (Å²) in [6, 6.07) is 6.13. The molecule has 0 atom stereocenters. The van der Waals surface area contributed by atoms with Gasteiger partial charge in [0.15, 0.2) is 0 Å². The van der Waals surface area contributed by atoms with Crippen LogP contribution in [0.1, 0.15) is 25.3 Å². The molecule has 1 N–H and O–H groups in total. The molecule has 0 aliphatic carbocycles. The summed E-state index contributed by atoms with van der Waals surface area (Å²) in [5.41, 5.74) is 1.19. The van der Waals surface area contributed by atoms with Crippen LogP contribution < -0.4 is 10.1 Å². The average molecular weight is 298 g/mol. The molecular weight excluding hydrogens is 278 g/mol. The van der Waals surface area contributed by atoms with Gasteiger partial charge in [0.2, 0.25) is 0 Å². The van der Waals surface area contributed by atoms with E-state index in [4.69, 9.17) is 4.74 Å². The zero-order valence-electron chi connectivity index (χ0n) is 10.3. The number of benzene rings is 1. The first kappa shape index (κ1) is 14.3. The fourth-order valence-corrected chi connectivity index (χ4v) is 1.87. The van der Waals surface area contributed by atoms with Gasteiger partial charge in [-0.25, -0.2) is 0 Å². The van der Waals surface area contributed by atoms with Crippen molar-refractivity contribution in [3.05, 3.63) is 40.9 Å². The second-order valence-electron chi connectivity index (χ2n) is 3.85. The molecule has 1 aromatic rings. The third-order valence-electron chi connectivity index (χ3n) is 2.32. The molecule has 0 aromatic heterocycles. The van der Waals surface area contributed by atoms with Crippen molar-refractivity contribution in [1.82, 2.24) is 5.32 Å². The topological polar surface area (TPSA) is 21.3 Å². The van der Waals surface area contributed by atoms with Crippen LogP contribution in [0.4, 0.5) is 0 Å². The van der Waals surface area contributed by atoms with E-state index in [2.05, 4.69) is 40.8 Å². The Balaban J connectivity index is 2.59. The lowest BCUT2D eigenvalue weighted by atomic mass is 10.2. The molecule has 1 rings (SSSR count). The lowest BCUT2D eigenvalue weighted by Crippen LogP contribution is -2.15. The van der Waals surface area contributed by atoms with Gasteiger partial charge >= 0.3 is 0 Å². The molecular formula is C14H20BrNO. The standard InChI is InChI=1S/C14H20BrNO/c1-3-5-8-16-11-12-10-13(15)6-7-14(12)17-9-4-2/h3,6-7,10,16H,1,4-5,8-9,11H2,2H3. The van der Waals surface area contributed by atoms with E-state index in [0.29, 0.717) is 0 Å². The minimum atomic E-state index is 0.765. The van der Waals surface area contributed by atoms with E-state index >= 15 is 0 Å². The SMILES string of the molecule is C=CCCNCc1cc(Br)ccc1OCCC. The molecule has 3 heteroatoms. The fourth-order valence-electron chi connectivity index (χ4n) is 1.47. The van der Waals surface area contributed by atoms with Crippen LogP contribution >= 0.6 is 15.9 Å². The first-order chi connectivity index (χ1) is 8.27. The zero-order valence-corrected chi connectivity index (χ0v) is 11.9. The van der Waals surface area contributed by atoms with Gasteiger partial charge in [-0.1, -0.05) is 28.9 Å². The van der Waals surface area contributed by atoms with Crippen LogP contribution in [0.2, 0.25) is 0 Å². The highest BCUT2D eigenvalue weighted by atomic mass is 79.9. The van der Waals surface area contributed by atoms with Crippen LogP contribution in [0.15, 0.2) is 35.3 Å². The normalized spacial score (nSPS) is 10.2. The zero-order chi connectivity index (χ0) is 12.5. The van der Waals surface area contributed by atoms with Crippen molar-refractivity contribution in [3.8, 4) is 5.75 Å². The van der Waals surface area contributed by atoms with Gasteiger partial charge in [0.1, 0.15) is 5.75 Å². The quantitative estimate of drug-likeness (QED) is 0.580. The summed E-state index contributed by atoms with van der Waals surface area (Å²) >= 11 is 3.49. The molecule has 0 unspecified atom stereocenters. The molecule has 1 aromatic carbocycles. The summed E-state index contributed by atoms with van der Waals surface area (Å²) in [5.74, 6) is 0.973. The predicted molar refractivity (Wildman–Crippen MR) is 76.4 cm³/mol. The summed E-state index contributed by atoms with van der Waals surface area (Å²) in [4.78, 5) is 0. The number of rotatable bonds is 8. The van der Waals surface area contributed by atoms with Gasteiger partial charge in [0.05, 0.1) is 6.61 Å². The highest BCUT2D eigenvalue weighted by molar-refractivity contribution is 9.10. The maximum atomic E-state index is 5.72. The van der Waals surface area contributed by atoms with Crippen LogP contribution in [0.25, 0.3) is 0 Å². The minimum absolute atomic E-state index is 0.765. The van der Waals surface area contributed by atoms with Gasteiger partial charge in [-0.2, -0.15) is 0 Å². The Kier molecular flexibility index (Phi) is 6.97. The van der Waals surface area contributed by atoms with E-state index in [0.717, 1.165) is 42.8 Å². The van der Waals surface area contributed by atoms with E-state index in [1.807, 2.05) is 18.2 Å². The molecule has 17 heavy (non-hydrogen) atoms. The van der Waals surface area contributed by atoms with Crippen LogP contribution in [0.3, 0.4) is 0 Å². The third kappa shape index (κ3) is 5.37. The molecule has 94 valence electrons. The number of hydrogen-bond donors (Lipinski definition) is 1. The van der Waals surface area contributed by atoms with Gasteiger partial charge in [0, 0.05) is 16.6 Å². The molecule has 0 radical (unpaired) electrons. The molecule has 0 aliphatic rings. The van der Waals surface area contributed by atoms with Gasteiger partial charge in [0.25, 0.3) is 0 Å². The molecule has 0 aliphatic heterocycles. The molecule has 0 bridgehead atoms. The second kappa shape index (κ2) is 8.31. The van der Waals surface area contributed by atoms with Crippen LogP contribution in [0, 0.1) is 0 Å². The molecule has 0 amide bonds. The molecule has 0 heterocycles. The van der Waals surface area contributed by atoms with Crippen molar-refractivity contribution in [2.24, 2.45) is 0 Å². The summed E-state index contributed by atoms with van der Waals surface area (Å²) < 4.78 is 6.80. The third-order valence-corrected chi connectivity index (χ3v) is 2.82. The Bertz CT molecular complexity index is 352. The number of ether oxygens (including phenoxy) is 1. The van der Waals surface area contributed by atoms with E-state index in [1.54, 1.807) is 0 Å². The van der Waals surface area contributed by atoms with Crippen molar-refractivity contribution in [2.75, 3.05) is 13.2 Å². The number of halogens is 1. The van der Waals surface area contributed by atoms with E-state index in [9.17, 15) is 0 Å². The van der Waals surface area contributed by atoms with Gasteiger partial charge in [-0.15, -0.1) is 6.58 Å².